The molecule has 68 valence electrons. The van der Waals surface area contributed by atoms with Crippen LogP contribution in [-0.2, 0) is 4.79 Å². The molecule has 0 aromatic carbocycles. The van der Waals surface area contributed by atoms with Crippen LogP contribution in [0.3, 0.4) is 0 Å². The molecule has 6 heteroatoms. The van der Waals surface area contributed by atoms with Crippen LogP contribution >= 0.6 is 27.5 Å². The molecule has 1 aromatic heterocycles. The number of hydrogen-bond acceptors (Lipinski definition) is 3. The van der Waals surface area contributed by atoms with Crippen molar-refractivity contribution in [3.63, 3.8) is 0 Å². The number of pyridine rings is 1. The van der Waals surface area contributed by atoms with Crippen LogP contribution in [0.1, 0.15) is 0 Å². The largest absolute Gasteiger partial charge is 0.461 e. The molecular formula is C7H4BrClN2O2. The van der Waals surface area contributed by atoms with Crippen LogP contribution in [0.25, 0.3) is 0 Å². The van der Waals surface area contributed by atoms with Gasteiger partial charge in [0.25, 0.3) is 11.5 Å². The molecule has 1 aliphatic rings. The molecule has 0 saturated heterocycles. The quantitative estimate of drug-likeness (QED) is 0.573. The summed E-state index contributed by atoms with van der Waals surface area (Å²) in [6.45, 7) is 0. The average molecular weight is 263 g/mol. The lowest BCUT2D eigenvalue weighted by Gasteiger charge is -2.20. The third-order valence-corrected chi connectivity index (χ3v) is 2.23. The SMILES string of the molecule is O=C1Nc2nc(Br)ccc2OC1Cl. The predicted molar refractivity (Wildman–Crippen MR) is 50.8 cm³/mol. The van der Waals surface area contributed by atoms with Gasteiger partial charge in [-0.2, -0.15) is 0 Å². The van der Waals surface area contributed by atoms with Crippen LogP contribution in [0.4, 0.5) is 5.82 Å². The van der Waals surface area contributed by atoms with Crippen LogP contribution in [0, 0.1) is 0 Å². The smallest absolute Gasteiger partial charge is 0.282 e. The summed E-state index contributed by atoms with van der Waals surface area (Å²) in [6.07, 6.45) is 0. The average Bonchev–Trinajstić information content (AvgIpc) is 2.08. The number of carbonyl (C=O) groups is 1. The lowest BCUT2D eigenvalue weighted by atomic mass is 10.4. The number of ether oxygens (including phenoxy) is 1. The molecular weight excluding hydrogens is 259 g/mol. The number of hydrogen-bond donors (Lipinski definition) is 1. The van der Waals surface area contributed by atoms with Crippen LogP contribution in [-0.4, -0.2) is 16.5 Å². The Kier molecular flexibility index (Phi) is 2.13. The number of amides is 1. The summed E-state index contributed by atoms with van der Waals surface area (Å²) in [5, 5.41) is 2.51. The molecule has 1 N–H and O–H groups in total. The van der Waals surface area contributed by atoms with Crippen molar-refractivity contribution in [2.45, 2.75) is 5.56 Å². The van der Waals surface area contributed by atoms with Gasteiger partial charge in [-0.15, -0.1) is 0 Å². The van der Waals surface area contributed by atoms with Gasteiger partial charge in [0.1, 0.15) is 4.60 Å². The number of nitrogens with zero attached hydrogens (tertiary/aromatic N) is 1. The second-order valence-electron chi connectivity index (χ2n) is 2.40. The minimum Gasteiger partial charge on any atom is -0.461 e. The summed E-state index contributed by atoms with van der Waals surface area (Å²) in [6, 6.07) is 3.39. The van der Waals surface area contributed by atoms with E-state index in [1.54, 1.807) is 12.1 Å². The molecule has 4 nitrogen and oxygen atoms in total. The second-order valence-corrected chi connectivity index (χ2v) is 3.61. The normalized spacial score (nSPS) is 20.2. The van der Waals surface area contributed by atoms with Crippen molar-refractivity contribution >= 4 is 39.3 Å². The minimum absolute atomic E-state index is 0.385. The van der Waals surface area contributed by atoms with E-state index in [9.17, 15) is 4.79 Å². The standard InChI is InChI=1S/C7H4BrClN2O2/c8-4-2-1-3-6(10-4)11-7(12)5(9)13-3/h1-2,5H,(H,10,11,12). The molecule has 1 atom stereocenters. The lowest BCUT2D eigenvalue weighted by Crippen LogP contribution is -2.33. The zero-order valence-corrected chi connectivity index (χ0v) is 8.59. The molecule has 0 radical (unpaired) electrons. The van der Waals surface area contributed by atoms with Gasteiger partial charge in [-0.1, -0.05) is 11.6 Å². The summed E-state index contributed by atoms with van der Waals surface area (Å²) >= 11 is 8.74. The van der Waals surface area contributed by atoms with Crippen molar-refractivity contribution in [2.75, 3.05) is 5.32 Å². The summed E-state index contributed by atoms with van der Waals surface area (Å²) in [5.41, 5.74) is -0.976. The highest BCUT2D eigenvalue weighted by atomic mass is 79.9. The van der Waals surface area contributed by atoms with Gasteiger partial charge in [0.15, 0.2) is 11.6 Å². The monoisotopic (exact) mass is 262 g/mol. The van der Waals surface area contributed by atoms with Gasteiger partial charge in [0.2, 0.25) is 0 Å². The van der Waals surface area contributed by atoms with E-state index < -0.39 is 11.5 Å². The van der Waals surface area contributed by atoms with Crippen LogP contribution < -0.4 is 10.1 Å². The maximum absolute atomic E-state index is 11.0. The summed E-state index contributed by atoms with van der Waals surface area (Å²) < 4.78 is 5.70. The molecule has 2 heterocycles. The lowest BCUT2D eigenvalue weighted by molar-refractivity contribution is -0.120. The maximum Gasteiger partial charge on any atom is 0.282 e. The van der Waals surface area contributed by atoms with Crippen molar-refractivity contribution in [3.8, 4) is 5.75 Å². The Balaban J connectivity index is 2.42. The van der Waals surface area contributed by atoms with Crippen LogP contribution in [0.5, 0.6) is 5.75 Å². The fourth-order valence-electron chi connectivity index (χ4n) is 0.946. The first-order chi connectivity index (χ1) is 6.16. The highest BCUT2D eigenvalue weighted by Crippen LogP contribution is 2.29. The molecule has 0 fully saturated rings. The number of carbonyl (C=O) groups excluding carboxylic acids is 1. The second kappa shape index (κ2) is 3.16. The zero-order valence-electron chi connectivity index (χ0n) is 6.25. The van der Waals surface area contributed by atoms with Crippen LogP contribution in [0.2, 0.25) is 0 Å². The van der Waals surface area contributed by atoms with Crippen molar-refractivity contribution in [1.82, 2.24) is 4.98 Å². The highest BCUT2D eigenvalue weighted by molar-refractivity contribution is 9.10. The van der Waals surface area contributed by atoms with E-state index in [2.05, 4.69) is 26.2 Å². The van der Waals surface area contributed by atoms with Gasteiger partial charge in [-0.3, -0.25) is 4.79 Å². The van der Waals surface area contributed by atoms with E-state index in [1.807, 2.05) is 0 Å². The van der Waals surface area contributed by atoms with Crippen molar-refractivity contribution in [1.29, 1.82) is 0 Å². The van der Waals surface area contributed by atoms with E-state index >= 15 is 0 Å². The Morgan fingerprint density at radius 1 is 1.62 bits per heavy atom. The van der Waals surface area contributed by atoms with Crippen molar-refractivity contribution in [3.05, 3.63) is 16.7 Å². The molecule has 1 unspecified atom stereocenters. The van der Waals surface area contributed by atoms with Gasteiger partial charge >= 0.3 is 0 Å². The molecule has 1 aliphatic heterocycles. The Morgan fingerprint density at radius 3 is 3.15 bits per heavy atom. The molecule has 0 bridgehead atoms. The van der Waals surface area contributed by atoms with Gasteiger partial charge in [0, 0.05) is 0 Å². The minimum atomic E-state index is -0.976. The van der Waals surface area contributed by atoms with Crippen LogP contribution in [0.15, 0.2) is 16.7 Å². The molecule has 1 aromatic rings. The molecule has 0 spiro atoms. The van der Waals surface area contributed by atoms with Gasteiger partial charge in [0.05, 0.1) is 0 Å². The zero-order chi connectivity index (χ0) is 9.42. The van der Waals surface area contributed by atoms with E-state index in [1.165, 1.54) is 0 Å². The van der Waals surface area contributed by atoms with Gasteiger partial charge in [-0.05, 0) is 28.1 Å². The summed E-state index contributed by atoms with van der Waals surface area (Å²) in [4.78, 5) is 15.0. The van der Waals surface area contributed by atoms with Gasteiger partial charge < -0.3 is 10.1 Å². The van der Waals surface area contributed by atoms with Gasteiger partial charge in [-0.25, -0.2) is 4.98 Å². The van der Waals surface area contributed by atoms with E-state index in [0.29, 0.717) is 16.2 Å². The summed E-state index contributed by atoms with van der Waals surface area (Å²) in [5.74, 6) is 0.457. The van der Waals surface area contributed by atoms with E-state index in [4.69, 9.17) is 16.3 Å². The molecule has 0 aliphatic carbocycles. The maximum atomic E-state index is 11.0. The number of alkyl halides is 1. The van der Waals surface area contributed by atoms with E-state index in [0.717, 1.165) is 0 Å². The molecule has 2 rings (SSSR count). The number of anilines is 1. The first-order valence-electron chi connectivity index (χ1n) is 3.45. The first-order valence-corrected chi connectivity index (χ1v) is 4.68. The number of nitrogens with one attached hydrogen (secondary N) is 1. The fourth-order valence-corrected chi connectivity index (χ4v) is 1.41. The third kappa shape index (κ3) is 1.62. The molecule has 13 heavy (non-hydrogen) atoms. The number of aromatic nitrogens is 1. The third-order valence-electron chi connectivity index (χ3n) is 1.50. The van der Waals surface area contributed by atoms with E-state index in [-0.39, 0.29) is 0 Å². The Labute approximate surface area is 87.4 Å². The number of halogens is 2. The number of rotatable bonds is 0. The Hall–Kier alpha value is -0.810. The summed E-state index contributed by atoms with van der Waals surface area (Å²) in [7, 11) is 0. The Bertz CT molecular complexity index is 372. The highest BCUT2D eigenvalue weighted by Gasteiger charge is 2.26. The predicted octanol–water partition coefficient (Wildman–Crippen LogP) is 1.74. The van der Waals surface area contributed by atoms with Crippen molar-refractivity contribution in [2.24, 2.45) is 0 Å². The molecule has 1 amide bonds. The van der Waals surface area contributed by atoms with Crippen molar-refractivity contribution < 1.29 is 9.53 Å². The topological polar surface area (TPSA) is 51.2 Å². The fraction of sp³-hybridized carbons (Fsp3) is 0.143. The molecule has 0 saturated carbocycles. The first kappa shape index (κ1) is 8.77. The number of fused-ring (bicyclic) bond motifs is 1. The Morgan fingerprint density at radius 2 is 2.38 bits per heavy atom.